The Morgan fingerprint density at radius 3 is 2.60 bits per heavy atom. The van der Waals surface area contributed by atoms with Gasteiger partial charge in [0.15, 0.2) is 0 Å². The fourth-order valence-corrected chi connectivity index (χ4v) is 2.01. The summed E-state index contributed by atoms with van der Waals surface area (Å²) in [6, 6.07) is 7.11. The predicted molar refractivity (Wildman–Crippen MR) is 72.7 cm³/mol. The second kappa shape index (κ2) is 4.94. The van der Waals surface area contributed by atoms with Gasteiger partial charge in [0, 0.05) is 11.6 Å². The van der Waals surface area contributed by atoms with Gasteiger partial charge < -0.3 is 9.84 Å². The molecule has 20 heavy (non-hydrogen) atoms. The normalized spacial score (nSPS) is 10.7. The third kappa shape index (κ3) is 2.23. The maximum absolute atomic E-state index is 12.9. The zero-order chi connectivity index (χ0) is 14.1. The minimum atomic E-state index is -0.365. The lowest BCUT2D eigenvalue weighted by Crippen LogP contribution is -1.91. The number of fused-ring (bicyclic) bond motifs is 1. The Hall–Kier alpha value is -2.40. The molecule has 0 aliphatic carbocycles. The van der Waals surface area contributed by atoms with Crippen molar-refractivity contribution in [3.05, 3.63) is 53.6 Å². The Morgan fingerprint density at radius 2 is 1.85 bits per heavy atom. The average molecular weight is 291 g/mol. The molecule has 100 valence electrons. The molecule has 0 unspecified atom stereocenters. The largest absolute Gasteiger partial charge is 0.493 e. The van der Waals surface area contributed by atoms with Crippen molar-refractivity contribution < 1.29 is 14.2 Å². The molecule has 0 amide bonds. The van der Waals surface area contributed by atoms with Gasteiger partial charge in [0.05, 0.1) is 11.2 Å². The van der Waals surface area contributed by atoms with Crippen LogP contribution in [-0.2, 0) is 0 Å². The van der Waals surface area contributed by atoms with Gasteiger partial charge in [-0.25, -0.2) is 14.4 Å². The van der Waals surface area contributed by atoms with Gasteiger partial charge in [0.2, 0.25) is 11.8 Å². The van der Waals surface area contributed by atoms with E-state index < -0.39 is 0 Å². The number of rotatable bonds is 2. The van der Waals surface area contributed by atoms with Crippen LogP contribution in [0, 0.1) is 5.82 Å². The fourth-order valence-electron chi connectivity index (χ4n) is 1.80. The number of hydrogen-bond acceptors (Lipinski definition) is 4. The summed E-state index contributed by atoms with van der Waals surface area (Å²) in [5.41, 5.74) is 0. The quantitative estimate of drug-likeness (QED) is 0.777. The SMILES string of the molecule is Oc1nccc2c(Cl)cnc(Oc3ccc(F)cc3)c12. The first kappa shape index (κ1) is 12.6. The summed E-state index contributed by atoms with van der Waals surface area (Å²) < 4.78 is 18.4. The van der Waals surface area contributed by atoms with Crippen LogP contribution in [0.1, 0.15) is 0 Å². The van der Waals surface area contributed by atoms with Gasteiger partial charge in [-0.05, 0) is 30.3 Å². The minimum Gasteiger partial charge on any atom is -0.493 e. The van der Waals surface area contributed by atoms with Crippen molar-refractivity contribution in [2.75, 3.05) is 0 Å². The summed E-state index contributed by atoms with van der Waals surface area (Å²) >= 11 is 6.02. The van der Waals surface area contributed by atoms with Crippen molar-refractivity contribution in [3.8, 4) is 17.5 Å². The molecule has 0 aliphatic rings. The molecule has 3 aromatic rings. The van der Waals surface area contributed by atoms with Gasteiger partial charge in [0.1, 0.15) is 17.0 Å². The van der Waals surface area contributed by atoms with E-state index in [-0.39, 0.29) is 17.6 Å². The summed E-state index contributed by atoms with van der Waals surface area (Å²) in [4.78, 5) is 7.82. The summed E-state index contributed by atoms with van der Waals surface area (Å²) in [7, 11) is 0. The number of halogens is 2. The van der Waals surface area contributed by atoms with Crippen LogP contribution in [0.15, 0.2) is 42.7 Å². The maximum Gasteiger partial charge on any atom is 0.232 e. The Morgan fingerprint density at radius 1 is 1.10 bits per heavy atom. The topological polar surface area (TPSA) is 55.2 Å². The molecule has 0 saturated heterocycles. The monoisotopic (exact) mass is 290 g/mol. The molecule has 4 nitrogen and oxygen atoms in total. The Labute approximate surface area is 118 Å². The van der Waals surface area contributed by atoms with E-state index in [4.69, 9.17) is 16.3 Å². The van der Waals surface area contributed by atoms with Crippen molar-refractivity contribution in [1.29, 1.82) is 0 Å². The number of benzene rings is 1. The molecule has 2 aromatic heterocycles. The molecule has 1 aromatic carbocycles. The van der Waals surface area contributed by atoms with E-state index in [0.29, 0.717) is 21.5 Å². The number of aromatic hydroxyl groups is 1. The molecule has 0 radical (unpaired) electrons. The summed E-state index contributed by atoms with van der Waals surface area (Å²) in [5.74, 6) is -0.0437. The van der Waals surface area contributed by atoms with E-state index in [1.807, 2.05) is 0 Å². The van der Waals surface area contributed by atoms with Crippen LogP contribution < -0.4 is 4.74 Å². The Bertz CT molecular complexity index is 778. The van der Waals surface area contributed by atoms with Crippen molar-refractivity contribution in [1.82, 2.24) is 9.97 Å². The van der Waals surface area contributed by atoms with Crippen LogP contribution in [0.5, 0.6) is 17.5 Å². The molecule has 0 saturated carbocycles. The van der Waals surface area contributed by atoms with Crippen LogP contribution in [0.3, 0.4) is 0 Å². The van der Waals surface area contributed by atoms with Crippen molar-refractivity contribution in [2.24, 2.45) is 0 Å². The fraction of sp³-hybridized carbons (Fsp3) is 0. The maximum atomic E-state index is 12.9. The van der Waals surface area contributed by atoms with E-state index in [9.17, 15) is 9.50 Å². The summed E-state index contributed by atoms with van der Waals surface area (Å²) in [6.45, 7) is 0. The molecule has 0 aliphatic heterocycles. The highest BCUT2D eigenvalue weighted by molar-refractivity contribution is 6.35. The second-order valence-electron chi connectivity index (χ2n) is 4.02. The highest BCUT2D eigenvalue weighted by Gasteiger charge is 2.13. The highest BCUT2D eigenvalue weighted by Crippen LogP contribution is 2.36. The zero-order valence-corrected chi connectivity index (χ0v) is 10.8. The lowest BCUT2D eigenvalue weighted by molar-refractivity contribution is 0.445. The van der Waals surface area contributed by atoms with Crippen LogP contribution in [-0.4, -0.2) is 15.1 Å². The van der Waals surface area contributed by atoms with Gasteiger partial charge in [-0.3, -0.25) is 0 Å². The number of nitrogens with zero attached hydrogens (tertiary/aromatic N) is 2. The smallest absolute Gasteiger partial charge is 0.232 e. The molecule has 0 spiro atoms. The van der Waals surface area contributed by atoms with Gasteiger partial charge in [-0.1, -0.05) is 11.6 Å². The summed E-state index contributed by atoms with van der Waals surface area (Å²) in [5, 5.41) is 11.1. The van der Waals surface area contributed by atoms with Crippen LogP contribution >= 0.6 is 11.6 Å². The molecule has 0 atom stereocenters. The number of aromatic nitrogens is 2. The number of ether oxygens (including phenoxy) is 1. The standard InChI is InChI=1S/C14H8ClFN2O2/c15-11-7-18-14(12-10(11)5-6-17-13(12)19)20-9-3-1-8(16)2-4-9/h1-7H,(H,17,19). The third-order valence-corrected chi connectivity index (χ3v) is 3.03. The molecule has 6 heteroatoms. The van der Waals surface area contributed by atoms with E-state index in [1.54, 1.807) is 6.07 Å². The Kier molecular flexibility index (Phi) is 3.12. The van der Waals surface area contributed by atoms with Crippen LogP contribution in [0.2, 0.25) is 5.02 Å². The molecular formula is C14H8ClFN2O2. The van der Waals surface area contributed by atoms with E-state index in [1.165, 1.54) is 36.7 Å². The average Bonchev–Trinajstić information content (AvgIpc) is 2.45. The molecule has 0 fully saturated rings. The lowest BCUT2D eigenvalue weighted by Gasteiger charge is -2.09. The molecule has 0 bridgehead atoms. The van der Waals surface area contributed by atoms with Gasteiger partial charge in [0.25, 0.3) is 0 Å². The minimum absolute atomic E-state index is 0.154. The van der Waals surface area contributed by atoms with Crippen molar-refractivity contribution in [3.63, 3.8) is 0 Å². The van der Waals surface area contributed by atoms with Crippen molar-refractivity contribution in [2.45, 2.75) is 0 Å². The van der Waals surface area contributed by atoms with Crippen molar-refractivity contribution >= 4 is 22.4 Å². The molecule has 3 rings (SSSR count). The zero-order valence-electron chi connectivity index (χ0n) is 10.0. The summed E-state index contributed by atoms with van der Waals surface area (Å²) in [6.07, 6.45) is 2.85. The van der Waals surface area contributed by atoms with Gasteiger partial charge >= 0.3 is 0 Å². The van der Waals surface area contributed by atoms with Gasteiger partial charge in [-0.2, -0.15) is 0 Å². The number of hydrogen-bond donors (Lipinski definition) is 1. The van der Waals surface area contributed by atoms with E-state index >= 15 is 0 Å². The Balaban J connectivity index is 2.12. The first-order valence-corrected chi connectivity index (χ1v) is 6.08. The van der Waals surface area contributed by atoms with E-state index in [2.05, 4.69) is 9.97 Å². The highest BCUT2D eigenvalue weighted by atomic mass is 35.5. The van der Waals surface area contributed by atoms with Gasteiger partial charge in [-0.15, -0.1) is 0 Å². The lowest BCUT2D eigenvalue weighted by atomic mass is 10.2. The first-order chi connectivity index (χ1) is 9.65. The molecular weight excluding hydrogens is 283 g/mol. The van der Waals surface area contributed by atoms with E-state index in [0.717, 1.165) is 0 Å². The first-order valence-electron chi connectivity index (χ1n) is 5.71. The van der Waals surface area contributed by atoms with Crippen LogP contribution in [0.25, 0.3) is 10.8 Å². The third-order valence-electron chi connectivity index (χ3n) is 2.73. The number of pyridine rings is 2. The predicted octanol–water partition coefficient (Wildman–Crippen LogP) is 3.92. The second-order valence-corrected chi connectivity index (χ2v) is 4.43. The molecule has 2 heterocycles. The molecule has 1 N–H and O–H groups in total. The van der Waals surface area contributed by atoms with Crippen LogP contribution in [0.4, 0.5) is 4.39 Å².